The zero-order chi connectivity index (χ0) is 20.3. The first-order valence-corrected chi connectivity index (χ1v) is 8.78. The van der Waals surface area contributed by atoms with Gasteiger partial charge in [0.25, 0.3) is 11.7 Å². The second kappa shape index (κ2) is 9.73. The van der Waals surface area contributed by atoms with Crippen LogP contribution in [0.5, 0.6) is 5.75 Å². The molecule has 1 amide bonds. The van der Waals surface area contributed by atoms with Gasteiger partial charge in [0.15, 0.2) is 0 Å². The molecule has 1 heterocycles. The number of carbonyl (C=O) groups is 3. The van der Waals surface area contributed by atoms with Gasteiger partial charge in [-0.1, -0.05) is 43.3 Å². The number of fused-ring (bicyclic) bond motifs is 1. The smallest absolute Gasteiger partial charge is 0.546 e. The minimum absolute atomic E-state index is 0. The van der Waals surface area contributed by atoms with Crippen LogP contribution in [-0.2, 0) is 22.6 Å². The third kappa shape index (κ3) is 4.70. The summed E-state index contributed by atoms with van der Waals surface area (Å²) in [6.45, 7) is 1.67. The fraction of sp³-hybridized carbons (Fsp3) is 0.190. The largest absolute Gasteiger partial charge is 1.00 e. The number of aliphatic carboxylic acids is 1. The van der Waals surface area contributed by atoms with Gasteiger partial charge >= 0.3 is 29.6 Å². The number of hydrogen-bond acceptors (Lipinski definition) is 5. The predicted molar refractivity (Wildman–Crippen MR) is 101 cm³/mol. The number of ether oxygens (including phenoxy) is 1. The fourth-order valence-electron chi connectivity index (χ4n) is 3.36. The number of carbonyl (C=O) groups excluding carboxylic acids is 3. The zero-order valence-electron chi connectivity index (χ0n) is 16.3. The first-order chi connectivity index (χ1) is 13.4. The van der Waals surface area contributed by atoms with Crippen LogP contribution in [0.1, 0.15) is 28.5 Å². The number of hydrogen-bond donors (Lipinski definition) is 1. The van der Waals surface area contributed by atoms with Gasteiger partial charge in [-0.2, -0.15) is 0 Å². The molecule has 0 aliphatic rings. The van der Waals surface area contributed by atoms with E-state index in [1.807, 2.05) is 41.8 Å². The summed E-state index contributed by atoms with van der Waals surface area (Å²) in [6, 6.07) is 14.7. The van der Waals surface area contributed by atoms with E-state index in [0.29, 0.717) is 29.6 Å². The minimum Gasteiger partial charge on any atom is -0.546 e. The molecule has 7 nitrogen and oxygen atoms in total. The summed E-state index contributed by atoms with van der Waals surface area (Å²) in [5.74, 6) is -3.12. The van der Waals surface area contributed by atoms with Gasteiger partial charge < -0.3 is 24.9 Å². The van der Waals surface area contributed by atoms with E-state index in [2.05, 4.69) is 0 Å². The quantitative estimate of drug-likeness (QED) is 0.267. The fourth-order valence-corrected chi connectivity index (χ4v) is 3.36. The number of nitrogens with zero attached hydrogens (tertiary/aromatic N) is 1. The van der Waals surface area contributed by atoms with Gasteiger partial charge in [-0.25, -0.2) is 0 Å². The van der Waals surface area contributed by atoms with E-state index >= 15 is 0 Å². The van der Waals surface area contributed by atoms with Gasteiger partial charge in [-0.15, -0.1) is 0 Å². The number of ketones is 1. The molecule has 0 saturated carbocycles. The van der Waals surface area contributed by atoms with Crippen LogP contribution in [0, 0.1) is 0 Å². The van der Waals surface area contributed by atoms with E-state index in [9.17, 15) is 19.5 Å². The van der Waals surface area contributed by atoms with E-state index in [4.69, 9.17) is 10.5 Å². The Morgan fingerprint density at radius 3 is 2.34 bits per heavy atom. The molecule has 0 radical (unpaired) electrons. The summed E-state index contributed by atoms with van der Waals surface area (Å²) in [6.07, 6.45) is 0.468. The van der Waals surface area contributed by atoms with E-state index in [-0.39, 0.29) is 40.9 Å². The van der Waals surface area contributed by atoms with Crippen LogP contribution in [0.25, 0.3) is 10.9 Å². The molecular formula is C21H19N2NaO5. The topological polar surface area (TPSA) is 114 Å². The van der Waals surface area contributed by atoms with E-state index in [1.165, 1.54) is 0 Å². The zero-order valence-corrected chi connectivity index (χ0v) is 18.3. The van der Waals surface area contributed by atoms with Crippen molar-refractivity contribution in [2.45, 2.75) is 19.9 Å². The molecule has 0 saturated heterocycles. The van der Waals surface area contributed by atoms with Crippen LogP contribution >= 0.6 is 0 Å². The van der Waals surface area contributed by atoms with E-state index in [0.717, 1.165) is 5.56 Å². The third-order valence-electron chi connectivity index (χ3n) is 4.47. The van der Waals surface area contributed by atoms with Gasteiger partial charge in [0.05, 0.1) is 22.4 Å². The number of Topliss-reactive ketones (excluding diaryl/α,β-unsaturated/α-hetero) is 1. The number of carboxylic acids is 1. The SMILES string of the molecule is CCc1c(C(=O)C(N)=O)c2c(OCC(=O)[O-])cccc2n1Cc1ccccc1.[Na+]. The molecule has 2 aromatic carbocycles. The minimum atomic E-state index is -1.39. The average molecular weight is 402 g/mol. The molecule has 0 bridgehead atoms. The summed E-state index contributed by atoms with van der Waals surface area (Å²) in [5.41, 5.74) is 7.72. The van der Waals surface area contributed by atoms with Crippen molar-refractivity contribution in [3.8, 4) is 5.75 Å². The Morgan fingerprint density at radius 2 is 1.76 bits per heavy atom. The molecule has 3 aromatic rings. The monoisotopic (exact) mass is 402 g/mol. The first-order valence-electron chi connectivity index (χ1n) is 8.78. The Labute approximate surface area is 189 Å². The Hall–Kier alpha value is -2.61. The molecule has 0 aliphatic carbocycles. The molecule has 0 unspecified atom stereocenters. The maximum Gasteiger partial charge on any atom is 1.00 e. The number of nitrogens with two attached hydrogens (primary N) is 1. The number of rotatable bonds is 8. The van der Waals surface area contributed by atoms with Crippen molar-refractivity contribution in [3.05, 3.63) is 65.4 Å². The third-order valence-corrected chi connectivity index (χ3v) is 4.47. The molecule has 0 spiro atoms. The number of carboxylic acid groups (broad SMARTS) is 1. The summed E-state index contributed by atoms with van der Waals surface area (Å²) < 4.78 is 7.26. The van der Waals surface area contributed by atoms with Crippen LogP contribution in [0.3, 0.4) is 0 Å². The molecule has 0 fully saturated rings. The first kappa shape index (κ1) is 22.7. The number of aromatic nitrogens is 1. The van der Waals surface area contributed by atoms with Crippen LogP contribution < -0.4 is 45.1 Å². The molecular weight excluding hydrogens is 383 g/mol. The Bertz CT molecular complexity index is 1060. The average Bonchev–Trinajstić information content (AvgIpc) is 3.00. The Balaban J connectivity index is 0.00000300. The van der Waals surface area contributed by atoms with Gasteiger partial charge in [-0.05, 0) is 24.1 Å². The summed E-state index contributed by atoms with van der Waals surface area (Å²) in [5, 5.41) is 11.2. The Morgan fingerprint density at radius 1 is 1.07 bits per heavy atom. The van der Waals surface area contributed by atoms with Gasteiger partial charge in [0.1, 0.15) is 12.4 Å². The molecule has 144 valence electrons. The number of primary amides is 1. The summed E-state index contributed by atoms with van der Waals surface area (Å²) in [7, 11) is 0. The standard InChI is InChI=1S/C21H20N2O5.Na/c1-2-14-19(20(26)21(22)27)18-15(9-6-10-16(18)28-12-17(24)25)23(14)11-13-7-4-3-5-8-13;/h3-10H,2,11-12H2,1H3,(H2,22,27)(H,24,25);/q;+1/p-1. The van der Waals surface area contributed by atoms with Crippen molar-refractivity contribution in [2.24, 2.45) is 5.73 Å². The van der Waals surface area contributed by atoms with Crippen LogP contribution in [0.2, 0.25) is 0 Å². The van der Waals surface area contributed by atoms with Gasteiger partial charge in [0, 0.05) is 12.2 Å². The number of benzene rings is 2. The molecule has 3 rings (SSSR count). The van der Waals surface area contributed by atoms with Crippen LogP contribution in [0.15, 0.2) is 48.5 Å². The molecule has 29 heavy (non-hydrogen) atoms. The second-order valence-electron chi connectivity index (χ2n) is 6.25. The maximum absolute atomic E-state index is 12.6. The van der Waals surface area contributed by atoms with E-state index in [1.54, 1.807) is 18.2 Å². The van der Waals surface area contributed by atoms with Gasteiger partial charge in [0.2, 0.25) is 0 Å². The second-order valence-corrected chi connectivity index (χ2v) is 6.25. The Kier molecular flexibility index (Phi) is 7.61. The van der Waals surface area contributed by atoms with Crippen molar-refractivity contribution >= 4 is 28.6 Å². The van der Waals surface area contributed by atoms with Crippen molar-refractivity contribution in [3.63, 3.8) is 0 Å². The predicted octanol–water partition coefficient (Wildman–Crippen LogP) is -1.95. The number of amides is 1. The molecule has 0 aliphatic heterocycles. The van der Waals surface area contributed by atoms with Crippen molar-refractivity contribution in [1.29, 1.82) is 0 Å². The molecule has 0 atom stereocenters. The van der Waals surface area contributed by atoms with Crippen LogP contribution in [0.4, 0.5) is 0 Å². The molecule has 8 heteroatoms. The summed E-state index contributed by atoms with van der Waals surface area (Å²) in [4.78, 5) is 35.1. The van der Waals surface area contributed by atoms with Crippen LogP contribution in [-0.4, -0.2) is 28.8 Å². The van der Waals surface area contributed by atoms with Crippen molar-refractivity contribution < 1.29 is 53.8 Å². The normalized spacial score (nSPS) is 10.4. The van der Waals surface area contributed by atoms with E-state index < -0.39 is 24.3 Å². The molecule has 1 aromatic heterocycles. The van der Waals surface area contributed by atoms with Crippen molar-refractivity contribution in [1.82, 2.24) is 4.57 Å². The van der Waals surface area contributed by atoms with Crippen molar-refractivity contribution in [2.75, 3.05) is 6.61 Å². The van der Waals surface area contributed by atoms with Gasteiger partial charge in [-0.3, -0.25) is 9.59 Å². The summed E-state index contributed by atoms with van der Waals surface area (Å²) >= 11 is 0. The maximum atomic E-state index is 12.6. The molecule has 2 N–H and O–H groups in total.